The molecule has 0 atom stereocenters. The minimum absolute atomic E-state index is 0.0676. The van der Waals surface area contributed by atoms with Gasteiger partial charge in [-0.2, -0.15) is 0 Å². The molecule has 0 N–H and O–H groups in total. The van der Waals surface area contributed by atoms with Gasteiger partial charge in [0.15, 0.2) is 6.61 Å². The summed E-state index contributed by atoms with van der Waals surface area (Å²) in [4.78, 5) is 36.4. The molecule has 1 aliphatic heterocycles. The number of rotatable bonds is 5. The molecule has 7 heteroatoms. The lowest BCUT2D eigenvalue weighted by Crippen LogP contribution is -2.37. The molecule has 0 spiro atoms. The van der Waals surface area contributed by atoms with Crippen molar-refractivity contribution < 1.29 is 19.2 Å². The molecule has 0 saturated carbocycles. The molecule has 2 aromatic rings. The van der Waals surface area contributed by atoms with Gasteiger partial charge in [-0.1, -0.05) is 36.4 Å². The molecule has 1 amide bonds. The molecule has 28 heavy (non-hydrogen) atoms. The number of hydrogen-bond acceptors (Lipinski definition) is 5. The van der Waals surface area contributed by atoms with Crippen LogP contribution in [0.2, 0.25) is 0 Å². The Morgan fingerprint density at radius 2 is 1.93 bits per heavy atom. The van der Waals surface area contributed by atoms with Crippen LogP contribution in [0.4, 0.5) is 5.69 Å². The van der Waals surface area contributed by atoms with E-state index >= 15 is 0 Å². The summed E-state index contributed by atoms with van der Waals surface area (Å²) in [5, 5.41) is 10.8. The highest BCUT2D eigenvalue weighted by Crippen LogP contribution is 2.22. The van der Waals surface area contributed by atoms with Crippen LogP contribution >= 0.6 is 0 Å². The molecule has 0 bridgehead atoms. The van der Waals surface area contributed by atoms with Gasteiger partial charge in [-0.15, -0.1) is 0 Å². The SMILES string of the molecule is Cc1cc(C(=O)OCC(=O)N2CC=C(c3ccccc3)CC2)ccc1[N+](=O)[O-]. The molecule has 1 heterocycles. The molecule has 7 nitrogen and oxygen atoms in total. The van der Waals surface area contributed by atoms with Crippen LogP contribution in [0.5, 0.6) is 0 Å². The third kappa shape index (κ3) is 4.43. The number of hydrogen-bond donors (Lipinski definition) is 0. The molecule has 2 aromatic carbocycles. The van der Waals surface area contributed by atoms with Crippen molar-refractivity contribution >= 4 is 23.1 Å². The Labute approximate surface area is 162 Å². The molecule has 0 aromatic heterocycles. The van der Waals surface area contributed by atoms with Gasteiger partial charge in [0.1, 0.15) is 0 Å². The number of carbonyl (C=O) groups is 2. The minimum atomic E-state index is -0.677. The first-order valence-corrected chi connectivity index (χ1v) is 8.90. The van der Waals surface area contributed by atoms with Crippen LogP contribution in [0.3, 0.4) is 0 Å². The quantitative estimate of drug-likeness (QED) is 0.451. The first-order chi connectivity index (χ1) is 13.5. The van der Waals surface area contributed by atoms with Gasteiger partial charge in [-0.25, -0.2) is 4.79 Å². The van der Waals surface area contributed by atoms with Crippen LogP contribution < -0.4 is 0 Å². The second kappa shape index (κ2) is 8.47. The highest BCUT2D eigenvalue weighted by Gasteiger charge is 2.20. The molecule has 0 unspecified atom stereocenters. The summed E-state index contributed by atoms with van der Waals surface area (Å²) in [6.45, 7) is 2.22. The van der Waals surface area contributed by atoms with Crippen LogP contribution in [0.25, 0.3) is 5.57 Å². The average Bonchev–Trinajstić information content (AvgIpc) is 2.72. The molecule has 1 aliphatic rings. The topological polar surface area (TPSA) is 89.8 Å². The van der Waals surface area contributed by atoms with Crippen molar-refractivity contribution in [2.24, 2.45) is 0 Å². The van der Waals surface area contributed by atoms with E-state index in [4.69, 9.17) is 4.74 Å². The number of esters is 1. The van der Waals surface area contributed by atoms with E-state index in [1.54, 1.807) is 11.8 Å². The van der Waals surface area contributed by atoms with Crippen molar-refractivity contribution in [2.45, 2.75) is 13.3 Å². The van der Waals surface area contributed by atoms with Crippen molar-refractivity contribution in [1.82, 2.24) is 4.90 Å². The van der Waals surface area contributed by atoms with E-state index in [1.165, 1.54) is 23.8 Å². The number of aryl methyl sites for hydroxylation is 1. The third-order valence-electron chi connectivity index (χ3n) is 4.66. The Hall–Kier alpha value is -3.48. The number of benzene rings is 2. The lowest BCUT2D eigenvalue weighted by atomic mass is 10.00. The van der Waals surface area contributed by atoms with E-state index in [2.05, 4.69) is 0 Å². The van der Waals surface area contributed by atoms with E-state index in [9.17, 15) is 19.7 Å². The number of nitrogens with zero attached hydrogens (tertiary/aromatic N) is 2. The zero-order valence-electron chi connectivity index (χ0n) is 15.5. The van der Waals surface area contributed by atoms with Gasteiger partial charge in [-0.05, 0) is 36.6 Å². The van der Waals surface area contributed by atoms with Crippen molar-refractivity contribution in [1.29, 1.82) is 0 Å². The largest absolute Gasteiger partial charge is 0.452 e. The molecule has 3 rings (SSSR count). The van der Waals surface area contributed by atoms with E-state index in [0.29, 0.717) is 18.7 Å². The van der Waals surface area contributed by atoms with Gasteiger partial charge in [-0.3, -0.25) is 14.9 Å². The Kier molecular flexibility index (Phi) is 5.84. The Morgan fingerprint density at radius 3 is 2.54 bits per heavy atom. The van der Waals surface area contributed by atoms with Crippen LogP contribution in [-0.2, 0) is 9.53 Å². The fourth-order valence-corrected chi connectivity index (χ4v) is 3.10. The maximum atomic E-state index is 12.3. The number of ether oxygens (including phenoxy) is 1. The highest BCUT2D eigenvalue weighted by molar-refractivity contribution is 5.92. The van der Waals surface area contributed by atoms with Crippen LogP contribution in [0, 0.1) is 17.0 Å². The molecular weight excluding hydrogens is 360 g/mol. The second-order valence-electron chi connectivity index (χ2n) is 6.52. The Balaban J connectivity index is 1.55. The molecule has 0 fully saturated rings. The summed E-state index contributed by atoms with van der Waals surface area (Å²) in [6, 6.07) is 14.0. The van der Waals surface area contributed by atoms with Crippen LogP contribution in [0.15, 0.2) is 54.6 Å². The minimum Gasteiger partial charge on any atom is -0.452 e. The summed E-state index contributed by atoms with van der Waals surface area (Å²) in [5.41, 5.74) is 2.82. The number of carbonyl (C=O) groups excluding carboxylic acids is 2. The number of nitro groups is 1. The van der Waals surface area contributed by atoms with Crippen molar-refractivity contribution in [3.63, 3.8) is 0 Å². The Morgan fingerprint density at radius 1 is 1.18 bits per heavy atom. The van der Waals surface area contributed by atoms with E-state index in [1.807, 2.05) is 36.4 Å². The summed E-state index contributed by atoms with van der Waals surface area (Å²) < 4.78 is 5.09. The fraction of sp³-hybridized carbons (Fsp3) is 0.238. The van der Waals surface area contributed by atoms with Crippen molar-refractivity contribution in [2.75, 3.05) is 19.7 Å². The van der Waals surface area contributed by atoms with E-state index < -0.39 is 10.9 Å². The standard InChI is InChI=1S/C21H20N2O5/c1-15-13-18(7-8-19(15)23(26)27)21(25)28-14-20(24)22-11-9-17(10-12-22)16-5-3-2-4-6-16/h2-9,13H,10-12,14H2,1H3. The maximum Gasteiger partial charge on any atom is 0.338 e. The predicted molar refractivity (Wildman–Crippen MR) is 104 cm³/mol. The lowest BCUT2D eigenvalue weighted by Gasteiger charge is -2.26. The van der Waals surface area contributed by atoms with Gasteiger partial charge < -0.3 is 9.64 Å². The third-order valence-corrected chi connectivity index (χ3v) is 4.66. The first-order valence-electron chi connectivity index (χ1n) is 8.90. The highest BCUT2D eigenvalue weighted by atomic mass is 16.6. The van der Waals surface area contributed by atoms with E-state index in [-0.39, 0.29) is 23.8 Å². The van der Waals surface area contributed by atoms with Gasteiger partial charge in [0.05, 0.1) is 10.5 Å². The zero-order valence-corrected chi connectivity index (χ0v) is 15.5. The normalized spacial score (nSPS) is 13.6. The van der Waals surface area contributed by atoms with Crippen molar-refractivity contribution in [3.05, 3.63) is 81.4 Å². The smallest absolute Gasteiger partial charge is 0.338 e. The summed E-state index contributed by atoms with van der Waals surface area (Å²) >= 11 is 0. The lowest BCUT2D eigenvalue weighted by molar-refractivity contribution is -0.385. The molecule has 0 aliphatic carbocycles. The maximum absolute atomic E-state index is 12.3. The van der Waals surface area contributed by atoms with Crippen molar-refractivity contribution in [3.8, 4) is 0 Å². The van der Waals surface area contributed by atoms with E-state index in [0.717, 1.165) is 12.0 Å². The summed E-state index contributed by atoms with van der Waals surface area (Å²) in [6.07, 6.45) is 2.75. The summed E-state index contributed by atoms with van der Waals surface area (Å²) in [7, 11) is 0. The number of amides is 1. The molecule has 144 valence electrons. The Bertz CT molecular complexity index is 937. The van der Waals surface area contributed by atoms with Gasteiger partial charge >= 0.3 is 5.97 Å². The second-order valence-corrected chi connectivity index (χ2v) is 6.52. The first kappa shape index (κ1) is 19.3. The fourth-order valence-electron chi connectivity index (χ4n) is 3.10. The van der Waals surface area contributed by atoms with Crippen LogP contribution in [0.1, 0.15) is 27.9 Å². The van der Waals surface area contributed by atoms with Gasteiger partial charge in [0.2, 0.25) is 0 Å². The molecule has 0 radical (unpaired) electrons. The van der Waals surface area contributed by atoms with Gasteiger partial charge in [0.25, 0.3) is 11.6 Å². The average molecular weight is 380 g/mol. The van der Waals surface area contributed by atoms with Crippen LogP contribution in [-0.4, -0.2) is 41.4 Å². The zero-order chi connectivity index (χ0) is 20.1. The van der Waals surface area contributed by atoms with Gasteiger partial charge in [0, 0.05) is 24.7 Å². The summed E-state index contributed by atoms with van der Waals surface area (Å²) in [5.74, 6) is -0.945. The molecular formula is C21H20N2O5. The number of nitro benzene ring substituents is 1. The molecule has 0 saturated heterocycles. The predicted octanol–water partition coefficient (Wildman–Crippen LogP) is 3.38. The monoisotopic (exact) mass is 380 g/mol.